The molecule has 0 radical (unpaired) electrons. The molecule has 1 aliphatic rings. The smallest absolute Gasteiger partial charge is 0.162 e. The average molecular weight is 255 g/mol. The van der Waals surface area contributed by atoms with Crippen LogP contribution in [0.15, 0.2) is 18.2 Å². The molecule has 2 atom stereocenters. The summed E-state index contributed by atoms with van der Waals surface area (Å²) < 4.78 is 32.5. The van der Waals surface area contributed by atoms with Gasteiger partial charge in [0, 0.05) is 12.6 Å². The van der Waals surface area contributed by atoms with Gasteiger partial charge in [-0.15, -0.1) is 0 Å². The molecule has 1 aliphatic heterocycles. The zero-order chi connectivity index (χ0) is 13.0. The molecular weight excluding hydrogens is 236 g/mol. The molecule has 1 fully saturated rings. The summed E-state index contributed by atoms with van der Waals surface area (Å²) in [5, 5.41) is 3.15. The Hall–Kier alpha value is -1.00. The predicted octanol–water partition coefficient (Wildman–Crippen LogP) is 2.66. The zero-order valence-corrected chi connectivity index (χ0v) is 10.6. The van der Waals surface area contributed by atoms with Gasteiger partial charge in [0.2, 0.25) is 0 Å². The monoisotopic (exact) mass is 255 g/mol. The highest BCUT2D eigenvalue weighted by Crippen LogP contribution is 2.20. The van der Waals surface area contributed by atoms with Crippen molar-refractivity contribution in [3.63, 3.8) is 0 Å². The van der Waals surface area contributed by atoms with Gasteiger partial charge in [0.05, 0.1) is 6.10 Å². The van der Waals surface area contributed by atoms with Crippen LogP contribution >= 0.6 is 0 Å². The third-order valence-corrected chi connectivity index (χ3v) is 3.51. The molecule has 1 aromatic carbocycles. The van der Waals surface area contributed by atoms with Gasteiger partial charge in [-0.3, -0.25) is 0 Å². The molecule has 1 saturated heterocycles. The van der Waals surface area contributed by atoms with Gasteiger partial charge in [-0.2, -0.15) is 0 Å². The van der Waals surface area contributed by atoms with Crippen LogP contribution in [0, 0.1) is 11.6 Å². The number of likely N-dealkylation sites (N-methyl/N-ethyl adjacent to an activating group) is 1. The minimum Gasteiger partial charge on any atom is -0.377 e. The summed E-state index contributed by atoms with van der Waals surface area (Å²) in [7, 11) is 1.83. The normalized spacial score (nSPS) is 21.8. The second-order valence-electron chi connectivity index (χ2n) is 4.72. The maximum absolute atomic E-state index is 13.6. The van der Waals surface area contributed by atoms with Crippen LogP contribution in [0.1, 0.15) is 24.8 Å². The van der Waals surface area contributed by atoms with Crippen molar-refractivity contribution in [3.8, 4) is 0 Å². The van der Waals surface area contributed by atoms with Crippen LogP contribution in [0.4, 0.5) is 8.78 Å². The first-order chi connectivity index (χ1) is 8.72. The van der Waals surface area contributed by atoms with Crippen LogP contribution in [-0.2, 0) is 11.2 Å². The standard InChI is InChI=1S/C14H19F2NO/c1-17-12(13-7-2-3-8-18-13)9-10-5-4-6-11(15)14(10)16/h4-6,12-13,17H,2-3,7-9H2,1H3. The number of rotatable bonds is 4. The molecule has 1 aromatic rings. The van der Waals surface area contributed by atoms with E-state index in [0.29, 0.717) is 12.0 Å². The van der Waals surface area contributed by atoms with Crippen molar-refractivity contribution in [3.05, 3.63) is 35.4 Å². The highest BCUT2D eigenvalue weighted by molar-refractivity contribution is 5.20. The van der Waals surface area contributed by atoms with Crippen LogP contribution in [0.2, 0.25) is 0 Å². The Kier molecular flexibility index (Phi) is 4.66. The van der Waals surface area contributed by atoms with E-state index in [4.69, 9.17) is 4.74 Å². The second kappa shape index (κ2) is 6.25. The lowest BCUT2D eigenvalue weighted by molar-refractivity contribution is -0.00603. The molecule has 2 rings (SSSR count). The van der Waals surface area contributed by atoms with Gasteiger partial charge < -0.3 is 10.1 Å². The van der Waals surface area contributed by atoms with Gasteiger partial charge in [-0.1, -0.05) is 12.1 Å². The molecule has 0 aliphatic carbocycles. The zero-order valence-electron chi connectivity index (χ0n) is 10.6. The molecular formula is C14H19F2NO. The van der Waals surface area contributed by atoms with Gasteiger partial charge in [0.1, 0.15) is 0 Å². The van der Waals surface area contributed by atoms with E-state index >= 15 is 0 Å². The summed E-state index contributed by atoms with van der Waals surface area (Å²) in [6.45, 7) is 0.758. The number of benzene rings is 1. The van der Waals surface area contributed by atoms with Crippen molar-refractivity contribution >= 4 is 0 Å². The minimum atomic E-state index is -0.785. The molecule has 0 amide bonds. The highest BCUT2D eigenvalue weighted by Gasteiger charge is 2.24. The lowest BCUT2D eigenvalue weighted by Crippen LogP contribution is -2.42. The summed E-state index contributed by atoms with van der Waals surface area (Å²) in [6, 6.07) is 4.35. The van der Waals surface area contributed by atoms with E-state index in [-0.39, 0.29) is 12.1 Å². The molecule has 2 unspecified atom stereocenters. The summed E-state index contributed by atoms with van der Waals surface area (Å²) in [6.07, 6.45) is 3.73. The fraction of sp³-hybridized carbons (Fsp3) is 0.571. The number of halogens is 2. The maximum atomic E-state index is 13.6. The first kappa shape index (κ1) is 13.4. The van der Waals surface area contributed by atoms with Crippen molar-refractivity contribution in [2.75, 3.05) is 13.7 Å². The van der Waals surface area contributed by atoms with Crippen LogP contribution in [0.3, 0.4) is 0 Å². The number of nitrogens with one attached hydrogen (secondary N) is 1. The molecule has 100 valence electrons. The summed E-state index contributed by atoms with van der Waals surface area (Å²) >= 11 is 0. The number of hydrogen-bond donors (Lipinski definition) is 1. The Bertz CT molecular complexity index is 391. The Balaban J connectivity index is 2.07. The van der Waals surface area contributed by atoms with E-state index in [1.54, 1.807) is 12.1 Å². The van der Waals surface area contributed by atoms with Gasteiger partial charge in [0.25, 0.3) is 0 Å². The first-order valence-corrected chi connectivity index (χ1v) is 6.44. The fourth-order valence-corrected chi connectivity index (χ4v) is 2.45. The molecule has 0 bridgehead atoms. The summed E-state index contributed by atoms with van der Waals surface area (Å²) in [5.41, 5.74) is 0.406. The molecule has 1 N–H and O–H groups in total. The lowest BCUT2D eigenvalue weighted by atomic mass is 9.96. The van der Waals surface area contributed by atoms with Gasteiger partial charge in [-0.25, -0.2) is 8.78 Å². The Labute approximate surface area is 106 Å². The molecule has 4 heteroatoms. The Morgan fingerprint density at radius 2 is 2.22 bits per heavy atom. The first-order valence-electron chi connectivity index (χ1n) is 6.44. The van der Waals surface area contributed by atoms with E-state index in [2.05, 4.69) is 5.32 Å². The molecule has 0 aromatic heterocycles. The molecule has 0 saturated carbocycles. The van der Waals surface area contributed by atoms with Crippen molar-refractivity contribution in [2.24, 2.45) is 0 Å². The Morgan fingerprint density at radius 3 is 2.89 bits per heavy atom. The van der Waals surface area contributed by atoms with E-state index in [1.807, 2.05) is 7.05 Å². The fourth-order valence-electron chi connectivity index (χ4n) is 2.45. The SMILES string of the molecule is CNC(Cc1cccc(F)c1F)C1CCCCO1. The predicted molar refractivity (Wildman–Crippen MR) is 66.5 cm³/mol. The number of ether oxygens (including phenoxy) is 1. The van der Waals surface area contributed by atoms with Crippen molar-refractivity contribution in [1.82, 2.24) is 5.32 Å². The minimum absolute atomic E-state index is 0.0293. The molecule has 18 heavy (non-hydrogen) atoms. The van der Waals surface area contributed by atoms with Gasteiger partial charge in [0.15, 0.2) is 11.6 Å². The third kappa shape index (κ3) is 3.06. The second-order valence-corrected chi connectivity index (χ2v) is 4.72. The Morgan fingerprint density at radius 1 is 1.39 bits per heavy atom. The molecule has 1 heterocycles. The van der Waals surface area contributed by atoms with E-state index < -0.39 is 11.6 Å². The quantitative estimate of drug-likeness (QED) is 0.893. The highest BCUT2D eigenvalue weighted by atomic mass is 19.2. The van der Waals surface area contributed by atoms with Gasteiger partial charge >= 0.3 is 0 Å². The molecule has 2 nitrogen and oxygen atoms in total. The van der Waals surface area contributed by atoms with Crippen molar-refractivity contribution < 1.29 is 13.5 Å². The van der Waals surface area contributed by atoms with Crippen LogP contribution in [0.5, 0.6) is 0 Å². The molecule has 0 spiro atoms. The van der Waals surface area contributed by atoms with Crippen molar-refractivity contribution in [2.45, 2.75) is 37.8 Å². The summed E-state index contributed by atoms with van der Waals surface area (Å²) in [4.78, 5) is 0. The maximum Gasteiger partial charge on any atom is 0.162 e. The largest absolute Gasteiger partial charge is 0.377 e. The van der Waals surface area contributed by atoms with Crippen LogP contribution in [0.25, 0.3) is 0 Å². The van der Waals surface area contributed by atoms with Crippen LogP contribution < -0.4 is 5.32 Å². The average Bonchev–Trinajstić information content (AvgIpc) is 2.41. The summed E-state index contributed by atoms with van der Waals surface area (Å²) in [5.74, 6) is -1.53. The van der Waals surface area contributed by atoms with Gasteiger partial charge in [-0.05, 0) is 44.4 Å². The topological polar surface area (TPSA) is 21.3 Å². The van der Waals surface area contributed by atoms with E-state index in [1.165, 1.54) is 0 Å². The van der Waals surface area contributed by atoms with E-state index in [9.17, 15) is 8.78 Å². The lowest BCUT2D eigenvalue weighted by Gasteiger charge is -2.30. The van der Waals surface area contributed by atoms with Crippen LogP contribution in [-0.4, -0.2) is 25.8 Å². The number of hydrogen-bond acceptors (Lipinski definition) is 2. The van der Waals surface area contributed by atoms with Crippen molar-refractivity contribution in [1.29, 1.82) is 0 Å². The third-order valence-electron chi connectivity index (χ3n) is 3.51. The van der Waals surface area contributed by atoms with E-state index in [0.717, 1.165) is 31.9 Å².